The van der Waals surface area contributed by atoms with Gasteiger partial charge in [-0.25, -0.2) is 0 Å². The van der Waals surface area contributed by atoms with Gasteiger partial charge >= 0.3 is 0 Å². The van der Waals surface area contributed by atoms with Crippen molar-refractivity contribution < 1.29 is 13.9 Å². The number of hydrogen-bond donors (Lipinski definition) is 1. The molecule has 2 aromatic carbocycles. The molecule has 4 aromatic rings. The number of nitrogens with one attached hydrogen (secondary N) is 1. The van der Waals surface area contributed by atoms with Crippen molar-refractivity contribution in [3.8, 4) is 11.4 Å². The maximum atomic E-state index is 12.7. The second-order valence-corrected chi connectivity index (χ2v) is 9.20. The number of nitrogens with zero attached hydrogens (tertiary/aromatic N) is 4. The summed E-state index contributed by atoms with van der Waals surface area (Å²) in [5.74, 6) is 1.66. The molecule has 0 bridgehead atoms. The van der Waals surface area contributed by atoms with Crippen molar-refractivity contribution in [1.29, 1.82) is 0 Å². The summed E-state index contributed by atoms with van der Waals surface area (Å²) in [6.45, 7) is 4.85. The van der Waals surface area contributed by atoms with Crippen molar-refractivity contribution in [2.45, 2.75) is 18.2 Å². The smallest absolute Gasteiger partial charge is 0.234 e. The van der Waals surface area contributed by atoms with Gasteiger partial charge in [-0.05, 0) is 29.8 Å². The Bertz CT molecular complexity index is 1220. The number of carbonyl (C=O) groups is 1. The van der Waals surface area contributed by atoms with E-state index >= 15 is 0 Å². The number of carbonyl (C=O) groups excluding carboxylic acids is 1. The lowest BCUT2D eigenvalue weighted by molar-refractivity contribution is -0.113. The fourth-order valence-electron chi connectivity index (χ4n) is 3.94. The summed E-state index contributed by atoms with van der Waals surface area (Å²) in [5.41, 5.74) is 2.96. The Hall–Kier alpha value is -3.40. The van der Waals surface area contributed by atoms with Crippen LogP contribution in [-0.2, 0) is 22.6 Å². The summed E-state index contributed by atoms with van der Waals surface area (Å²) in [6, 6.07) is 21.7. The standard InChI is InChI=1S/C26H27N5O3S/c32-24(27-22-10-8-20(9-11-22)17-30-12-15-33-16-13-30)19-35-26-29-28-25(21-5-2-1-3-6-21)31(26)18-23-7-4-14-34-23/h1-11,14H,12-13,15-19H2,(H,27,32). The normalized spacial score (nSPS) is 14.2. The zero-order valence-electron chi connectivity index (χ0n) is 19.3. The topological polar surface area (TPSA) is 85.4 Å². The lowest BCUT2D eigenvalue weighted by Crippen LogP contribution is -2.35. The SMILES string of the molecule is O=C(CSc1nnc(-c2ccccc2)n1Cc1ccco1)Nc1ccc(CN2CCOCC2)cc1. The van der Waals surface area contributed by atoms with E-state index in [0.717, 1.165) is 55.7 Å². The van der Waals surface area contributed by atoms with Gasteiger partial charge in [-0.1, -0.05) is 54.2 Å². The first kappa shape index (κ1) is 23.3. The molecule has 3 heterocycles. The van der Waals surface area contributed by atoms with Crippen LogP contribution in [0.5, 0.6) is 0 Å². The van der Waals surface area contributed by atoms with Gasteiger partial charge in [0.05, 0.1) is 31.8 Å². The van der Waals surface area contributed by atoms with E-state index < -0.39 is 0 Å². The third-order valence-electron chi connectivity index (χ3n) is 5.72. The molecule has 1 aliphatic rings. The minimum atomic E-state index is -0.0928. The molecule has 8 nitrogen and oxygen atoms in total. The third kappa shape index (κ3) is 6.19. The summed E-state index contributed by atoms with van der Waals surface area (Å²) in [7, 11) is 0. The monoisotopic (exact) mass is 489 g/mol. The van der Waals surface area contributed by atoms with Crippen LogP contribution in [0.15, 0.2) is 82.6 Å². The van der Waals surface area contributed by atoms with Crippen molar-refractivity contribution >= 4 is 23.4 Å². The molecule has 1 saturated heterocycles. The average molecular weight is 490 g/mol. The Labute approximate surface area is 208 Å². The van der Waals surface area contributed by atoms with Gasteiger partial charge in [-0.15, -0.1) is 10.2 Å². The second-order valence-electron chi connectivity index (χ2n) is 8.26. The first-order valence-corrected chi connectivity index (χ1v) is 12.6. The molecule has 0 unspecified atom stereocenters. The van der Waals surface area contributed by atoms with Gasteiger partial charge in [0.2, 0.25) is 5.91 Å². The Balaban J connectivity index is 1.21. The van der Waals surface area contributed by atoms with Crippen molar-refractivity contribution in [2.75, 3.05) is 37.4 Å². The number of thioether (sulfide) groups is 1. The quantitative estimate of drug-likeness (QED) is 0.354. The predicted octanol–water partition coefficient (Wildman–Crippen LogP) is 4.15. The number of amides is 1. The number of rotatable bonds is 9. The van der Waals surface area contributed by atoms with Gasteiger partial charge < -0.3 is 14.5 Å². The van der Waals surface area contributed by atoms with E-state index in [9.17, 15) is 4.79 Å². The van der Waals surface area contributed by atoms with Crippen LogP contribution in [0.1, 0.15) is 11.3 Å². The molecule has 0 spiro atoms. The first-order valence-electron chi connectivity index (χ1n) is 11.6. The molecular weight excluding hydrogens is 462 g/mol. The fraction of sp³-hybridized carbons (Fsp3) is 0.269. The van der Waals surface area contributed by atoms with Crippen LogP contribution in [0.4, 0.5) is 5.69 Å². The number of furan rings is 1. The maximum absolute atomic E-state index is 12.7. The molecule has 0 saturated carbocycles. The lowest BCUT2D eigenvalue weighted by atomic mass is 10.2. The highest BCUT2D eigenvalue weighted by Gasteiger charge is 2.17. The van der Waals surface area contributed by atoms with Gasteiger partial charge in [-0.3, -0.25) is 14.3 Å². The van der Waals surface area contributed by atoms with E-state index in [-0.39, 0.29) is 11.7 Å². The molecule has 1 aliphatic heterocycles. The van der Waals surface area contributed by atoms with Gasteiger partial charge in [0.15, 0.2) is 11.0 Å². The molecule has 0 atom stereocenters. The molecule has 180 valence electrons. The highest BCUT2D eigenvalue weighted by Crippen LogP contribution is 2.25. The van der Waals surface area contributed by atoms with Crippen LogP contribution < -0.4 is 5.32 Å². The summed E-state index contributed by atoms with van der Waals surface area (Å²) in [6.07, 6.45) is 1.65. The number of aromatic nitrogens is 3. The van der Waals surface area contributed by atoms with Crippen LogP contribution >= 0.6 is 11.8 Å². The first-order chi connectivity index (χ1) is 17.2. The van der Waals surface area contributed by atoms with Gasteiger partial charge in [0, 0.05) is 30.9 Å². The third-order valence-corrected chi connectivity index (χ3v) is 6.69. The number of hydrogen-bond acceptors (Lipinski definition) is 7. The highest BCUT2D eigenvalue weighted by atomic mass is 32.2. The Morgan fingerprint density at radius 1 is 0.943 bits per heavy atom. The number of morpholine rings is 1. The largest absolute Gasteiger partial charge is 0.467 e. The number of benzene rings is 2. The minimum absolute atomic E-state index is 0.0928. The molecule has 35 heavy (non-hydrogen) atoms. The fourth-order valence-corrected chi connectivity index (χ4v) is 4.67. The Morgan fingerprint density at radius 3 is 2.49 bits per heavy atom. The lowest BCUT2D eigenvalue weighted by Gasteiger charge is -2.26. The second kappa shape index (κ2) is 11.4. The summed E-state index contributed by atoms with van der Waals surface area (Å²) in [4.78, 5) is 15.0. The molecule has 9 heteroatoms. The van der Waals surface area contributed by atoms with Crippen LogP contribution in [0.3, 0.4) is 0 Å². The summed E-state index contributed by atoms with van der Waals surface area (Å²) < 4.78 is 12.9. The van der Waals surface area contributed by atoms with E-state index in [4.69, 9.17) is 9.15 Å². The van der Waals surface area contributed by atoms with Gasteiger partial charge in [0.1, 0.15) is 5.76 Å². The zero-order chi connectivity index (χ0) is 23.9. The van der Waals surface area contributed by atoms with Crippen LogP contribution in [-0.4, -0.2) is 57.6 Å². The van der Waals surface area contributed by atoms with Crippen LogP contribution in [0, 0.1) is 0 Å². The van der Waals surface area contributed by atoms with Gasteiger partial charge in [0.25, 0.3) is 0 Å². The zero-order valence-corrected chi connectivity index (χ0v) is 20.1. The molecule has 5 rings (SSSR count). The van der Waals surface area contributed by atoms with E-state index in [1.807, 2.05) is 59.2 Å². The number of ether oxygens (including phenoxy) is 1. The van der Waals surface area contributed by atoms with Crippen molar-refractivity contribution in [1.82, 2.24) is 19.7 Å². The molecular formula is C26H27N5O3S. The average Bonchev–Trinajstić information content (AvgIpc) is 3.56. The predicted molar refractivity (Wildman–Crippen MR) is 135 cm³/mol. The molecule has 1 amide bonds. The Kier molecular flexibility index (Phi) is 7.57. The summed E-state index contributed by atoms with van der Waals surface area (Å²) in [5, 5.41) is 12.4. The van der Waals surface area contributed by atoms with E-state index in [1.54, 1.807) is 6.26 Å². The van der Waals surface area contributed by atoms with Gasteiger partial charge in [-0.2, -0.15) is 0 Å². The van der Waals surface area contributed by atoms with E-state index in [0.29, 0.717) is 11.7 Å². The van der Waals surface area contributed by atoms with E-state index in [2.05, 4.69) is 32.5 Å². The maximum Gasteiger partial charge on any atom is 0.234 e. The highest BCUT2D eigenvalue weighted by molar-refractivity contribution is 7.99. The van der Waals surface area contributed by atoms with Crippen molar-refractivity contribution in [3.63, 3.8) is 0 Å². The van der Waals surface area contributed by atoms with Crippen molar-refractivity contribution in [3.05, 3.63) is 84.3 Å². The number of anilines is 1. The minimum Gasteiger partial charge on any atom is -0.467 e. The molecule has 2 aromatic heterocycles. The molecule has 0 aliphatic carbocycles. The van der Waals surface area contributed by atoms with Crippen molar-refractivity contribution in [2.24, 2.45) is 0 Å². The van der Waals surface area contributed by atoms with Crippen LogP contribution in [0.2, 0.25) is 0 Å². The van der Waals surface area contributed by atoms with E-state index in [1.165, 1.54) is 17.3 Å². The summed E-state index contributed by atoms with van der Waals surface area (Å²) >= 11 is 1.36. The molecule has 1 fully saturated rings. The molecule has 1 N–H and O–H groups in total. The Morgan fingerprint density at radius 2 is 1.74 bits per heavy atom. The molecule has 0 radical (unpaired) electrons. The van der Waals surface area contributed by atoms with Crippen LogP contribution in [0.25, 0.3) is 11.4 Å².